The predicted molar refractivity (Wildman–Crippen MR) is 143 cm³/mol. The molecule has 6 aliphatic rings. The molecule has 3 heterocycles. The number of phenolic OH excluding ortho intramolecular Hbond substituents is 1. The first kappa shape index (κ1) is 26.1. The lowest BCUT2D eigenvalue weighted by Crippen LogP contribution is -2.78. The number of hydrogen-bond acceptors (Lipinski definition) is 8. The third-order valence-electron chi connectivity index (χ3n) is 10.1. The van der Waals surface area contributed by atoms with Crippen molar-refractivity contribution in [3.63, 3.8) is 0 Å². The number of nitrogens with one attached hydrogen (secondary N) is 1. The van der Waals surface area contributed by atoms with E-state index in [0.29, 0.717) is 37.5 Å². The number of benzene rings is 1. The number of rotatable bonds is 4. The zero-order chi connectivity index (χ0) is 28.2. The molecule has 3 N–H and O–H groups in total. The van der Waals surface area contributed by atoms with Gasteiger partial charge in [0.15, 0.2) is 23.4 Å². The van der Waals surface area contributed by atoms with Gasteiger partial charge in [-0.15, -0.1) is 0 Å². The van der Waals surface area contributed by atoms with E-state index in [2.05, 4.69) is 10.2 Å². The number of amides is 2. The molecule has 7 rings (SSSR count). The first-order valence-corrected chi connectivity index (χ1v) is 14.7. The summed E-state index contributed by atoms with van der Waals surface area (Å²) < 4.78 is 11.6. The van der Waals surface area contributed by atoms with Crippen LogP contribution in [0.4, 0.5) is 4.79 Å². The fourth-order valence-electron chi connectivity index (χ4n) is 8.28. The van der Waals surface area contributed by atoms with Crippen molar-refractivity contribution in [2.45, 2.75) is 94.1 Å². The number of alkyl carbamates (subject to hydrolysis) is 1. The number of ether oxygens (including phenoxy) is 2. The minimum Gasteiger partial charge on any atom is -0.504 e. The number of likely N-dealkylation sites (tertiary alicyclic amines) is 2. The smallest absolute Gasteiger partial charge is 0.407 e. The molecule has 3 aliphatic heterocycles. The van der Waals surface area contributed by atoms with Gasteiger partial charge in [-0.3, -0.25) is 14.5 Å². The molecule has 10 heteroatoms. The second-order valence-corrected chi connectivity index (χ2v) is 13.8. The van der Waals surface area contributed by atoms with Crippen LogP contribution >= 0.6 is 0 Å². The molecule has 4 fully saturated rings. The lowest BCUT2D eigenvalue weighted by atomic mass is 9.47. The first-order chi connectivity index (χ1) is 18.9. The summed E-state index contributed by atoms with van der Waals surface area (Å²) in [6.45, 7) is 7.71. The molecule has 1 aromatic rings. The molecule has 1 unspecified atom stereocenters. The Kier molecular flexibility index (Phi) is 5.59. The molecule has 0 aromatic heterocycles. The Bertz CT molecular complexity index is 1290. The summed E-state index contributed by atoms with van der Waals surface area (Å²) >= 11 is 0. The topological polar surface area (TPSA) is 129 Å². The highest BCUT2D eigenvalue weighted by molar-refractivity contribution is 6.06. The largest absolute Gasteiger partial charge is 0.504 e. The number of carbonyl (C=O) groups excluding carboxylic acids is 3. The van der Waals surface area contributed by atoms with Crippen molar-refractivity contribution in [3.8, 4) is 11.5 Å². The molecule has 1 aromatic carbocycles. The Morgan fingerprint density at radius 2 is 1.98 bits per heavy atom. The number of Topliss-reactive ketones (excluding diaryl/α,β-unsaturated/α-hetero) is 1. The van der Waals surface area contributed by atoms with Gasteiger partial charge in [-0.2, -0.15) is 0 Å². The highest BCUT2D eigenvalue weighted by Crippen LogP contribution is 2.65. The highest BCUT2D eigenvalue weighted by Gasteiger charge is 2.75. The van der Waals surface area contributed by atoms with Crippen molar-refractivity contribution < 1.29 is 34.1 Å². The number of phenols is 1. The van der Waals surface area contributed by atoms with E-state index >= 15 is 0 Å². The first-order valence-electron chi connectivity index (χ1n) is 14.7. The maximum Gasteiger partial charge on any atom is 0.407 e. The molecular weight excluding hydrogens is 514 g/mol. The summed E-state index contributed by atoms with van der Waals surface area (Å²) in [4.78, 5) is 44.3. The Labute approximate surface area is 234 Å². The number of aromatic hydroxyl groups is 1. The van der Waals surface area contributed by atoms with Crippen LogP contribution in [0.2, 0.25) is 0 Å². The second-order valence-electron chi connectivity index (χ2n) is 13.8. The zero-order valence-electron chi connectivity index (χ0n) is 23.4. The number of hydrogen-bond donors (Lipinski definition) is 3. The fraction of sp³-hybridized carbons (Fsp3) is 0.700. The summed E-state index contributed by atoms with van der Waals surface area (Å²) in [5.74, 6) is -0.815. The minimum atomic E-state index is -1.35. The number of carbonyl (C=O) groups is 3. The quantitative estimate of drug-likeness (QED) is 0.482. The molecule has 0 radical (unpaired) electrons. The van der Waals surface area contributed by atoms with Crippen LogP contribution in [-0.2, 0) is 26.2 Å². The minimum absolute atomic E-state index is 0.0324. The van der Waals surface area contributed by atoms with Gasteiger partial charge in [0.25, 0.3) is 0 Å². The molecule has 40 heavy (non-hydrogen) atoms. The van der Waals surface area contributed by atoms with Crippen LogP contribution < -0.4 is 10.1 Å². The van der Waals surface area contributed by atoms with E-state index in [9.17, 15) is 24.6 Å². The molecule has 216 valence electrons. The number of nitrogens with zero attached hydrogens (tertiary/aromatic N) is 2. The van der Waals surface area contributed by atoms with Gasteiger partial charge in [0, 0.05) is 31.2 Å². The van der Waals surface area contributed by atoms with E-state index < -0.39 is 34.7 Å². The maximum atomic E-state index is 14.1. The van der Waals surface area contributed by atoms with Crippen LogP contribution in [0.5, 0.6) is 11.5 Å². The van der Waals surface area contributed by atoms with Crippen LogP contribution in [0.25, 0.3) is 0 Å². The SMILES string of the molecule is CC(C)(C)OC(=O)N[C@H]1CCN(C(=O)C2C[C@@]3(O)[C@H]4Cc5ccc(O)c6c5[C@@]3(CCN4CC3CC3)[C@@H](O6)C2=O)C1. The molecule has 2 amide bonds. The molecule has 1 spiro atoms. The molecule has 6 atom stereocenters. The highest BCUT2D eigenvalue weighted by atomic mass is 16.6. The Hall–Kier alpha value is -2.85. The molecule has 2 saturated heterocycles. The monoisotopic (exact) mass is 553 g/mol. The summed E-state index contributed by atoms with van der Waals surface area (Å²) in [7, 11) is 0. The van der Waals surface area contributed by atoms with Crippen LogP contribution in [0, 0.1) is 11.8 Å². The third kappa shape index (κ3) is 3.71. The van der Waals surface area contributed by atoms with E-state index in [1.807, 2.05) is 6.07 Å². The molecular formula is C30H39N3O7. The Morgan fingerprint density at radius 1 is 1.20 bits per heavy atom. The Balaban J connectivity index is 1.18. The van der Waals surface area contributed by atoms with Crippen molar-refractivity contribution in [1.82, 2.24) is 15.1 Å². The van der Waals surface area contributed by atoms with E-state index in [4.69, 9.17) is 9.47 Å². The summed E-state index contributed by atoms with van der Waals surface area (Å²) in [5, 5.41) is 26.3. The predicted octanol–water partition coefficient (Wildman–Crippen LogP) is 1.88. The van der Waals surface area contributed by atoms with Gasteiger partial charge in [0.1, 0.15) is 11.5 Å². The standard InChI is InChI=1S/C30H39N3O7/c1-28(2,3)40-27(37)31-18-8-10-33(15-18)26(36)19-13-30(38)21-12-17-6-7-20(34)24-22(17)29(30,25(39-24)23(19)35)9-11-32(21)14-16-4-5-16/h6-7,16,18-19,21,25,34,38H,4-5,8-15H2,1-3H3,(H,31,37)/t18-,19?,21+,25-,29-,30+/m0/s1. The summed E-state index contributed by atoms with van der Waals surface area (Å²) in [6.07, 6.45) is 2.55. The van der Waals surface area contributed by atoms with Crippen molar-refractivity contribution in [3.05, 3.63) is 23.3 Å². The lowest BCUT2D eigenvalue weighted by Gasteiger charge is -2.63. The number of piperidine rings is 1. The van der Waals surface area contributed by atoms with Crippen molar-refractivity contribution in [2.24, 2.45) is 11.8 Å². The number of aliphatic hydroxyl groups is 1. The van der Waals surface area contributed by atoms with Gasteiger partial charge in [-0.05, 0) is 83.4 Å². The Morgan fingerprint density at radius 3 is 2.70 bits per heavy atom. The molecule has 2 bridgehead atoms. The van der Waals surface area contributed by atoms with E-state index in [-0.39, 0.29) is 42.5 Å². The van der Waals surface area contributed by atoms with Crippen molar-refractivity contribution in [2.75, 3.05) is 26.2 Å². The average Bonchev–Trinajstić information content (AvgIpc) is 3.44. The van der Waals surface area contributed by atoms with Crippen LogP contribution in [0.15, 0.2) is 12.1 Å². The van der Waals surface area contributed by atoms with Gasteiger partial charge in [0.2, 0.25) is 5.91 Å². The zero-order valence-corrected chi connectivity index (χ0v) is 23.4. The normalized spacial score (nSPS) is 36.2. The van der Waals surface area contributed by atoms with Crippen molar-refractivity contribution in [1.29, 1.82) is 0 Å². The summed E-state index contributed by atoms with van der Waals surface area (Å²) in [5.41, 5.74) is -1.17. The fourth-order valence-corrected chi connectivity index (χ4v) is 8.28. The molecule has 3 aliphatic carbocycles. The maximum absolute atomic E-state index is 14.1. The molecule has 10 nitrogen and oxygen atoms in total. The van der Waals surface area contributed by atoms with Crippen LogP contribution in [0.1, 0.15) is 64.0 Å². The van der Waals surface area contributed by atoms with E-state index in [0.717, 1.165) is 24.2 Å². The number of ketones is 1. The van der Waals surface area contributed by atoms with Crippen molar-refractivity contribution >= 4 is 17.8 Å². The van der Waals surface area contributed by atoms with Gasteiger partial charge >= 0.3 is 6.09 Å². The van der Waals surface area contributed by atoms with Gasteiger partial charge in [-0.1, -0.05) is 6.07 Å². The molecule has 2 saturated carbocycles. The van der Waals surface area contributed by atoms with Gasteiger partial charge < -0.3 is 29.9 Å². The van der Waals surface area contributed by atoms with Crippen LogP contribution in [0.3, 0.4) is 0 Å². The summed E-state index contributed by atoms with van der Waals surface area (Å²) in [6, 6.07) is 3.00. The lowest BCUT2D eigenvalue weighted by molar-refractivity contribution is -0.200. The van der Waals surface area contributed by atoms with E-state index in [1.54, 1.807) is 31.7 Å². The van der Waals surface area contributed by atoms with E-state index in [1.165, 1.54) is 12.8 Å². The van der Waals surface area contributed by atoms with Crippen LogP contribution in [-0.4, -0.2) is 93.4 Å². The van der Waals surface area contributed by atoms with Gasteiger partial charge in [0.05, 0.1) is 17.1 Å². The van der Waals surface area contributed by atoms with Gasteiger partial charge in [-0.25, -0.2) is 4.79 Å². The average molecular weight is 554 g/mol. The second kappa shape index (κ2) is 8.58. The third-order valence-corrected chi connectivity index (χ3v) is 10.1.